The Morgan fingerprint density at radius 3 is 2.72 bits per heavy atom. The number of hydrogen-bond acceptors (Lipinski definition) is 6. The van der Waals surface area contributed by atoms with Crippen molar-refractivity contribution in [3.8, 4) is 11.6 Å². The topological polar surface area (TPSA) is 77.8 Å². The number of nitrogens with two attached hydrogens (primary N) is 1. The summed E-state index contributed by atoms with van der Waals surface area (Å²) in [5.74, 6) is 1.05. The molecule has 3 rings (SSSR count). The van der Waals surface area contributed by atoms with Gasteiger partial charge in [0.2, 0.25) is 0 Å². The van der Waals surface area contributed by atoms with Gasteiger partial charge in [-0.2, -0.15) is 4.98 Å². The number of benzene rings is 1. The van der Waals surface area contributed by atoms with Gasteiger partial charge in [0.05, 0.1) is 0 Å². The third-order valence-electron chi connectivity index (χ3n) is 2.41. The van der Waals surface area contributed by atoms with Gasteiger partial charge in [0.25, 0.3) is 5.89 Å². The summed E-state index contributed by atoms with van der Waals surface area (Å²) in [6.45, 7) is 0. The second-order valence-corrected chi connectivity index (χ2v) is 4.64. The van der Waals surface area contributed by atoms with E-state index < -0.39 is 0 Å². The van der Waals surface area contributed by atoms with E-state index >= 15 is 0 Å². The molecular formula is C12H10N4OS. The minimum Gasteiger partial charge on any atom is -0.375 e. The molecule has 0 bridgehead atoms. The van der Waals surface area contributed by atoms with E-state index in [2.05, 4.69) is 15.1 Å². The molecule has 0 saturated carbocycles. The molecule has 0 aliphatic carbocycles. The van der Waals surface area contributed by atoms with Gasteiger partial charge in [0.15, 0.2) is 11.0 Å². The second kappa shape index (κ2) is 4.58. The molecule has 0 amide bonds. The smallest absolute Gasteiger partial charge is 0.277 e. The number of thiazole rings is 1. The first-order chi connectivity index (χ1) is 8.81. The van der Waals surface area contributed by atoms with Crippen LogP contribution in [0.15, 0.2) is 40.2 Å². The fourth-order valence-electron chi connectivity index (χ4n) is 1.59. The Kier molecular flexibility index (Phi) is 2.77. The van der Waals surface area contributed by atoms with Crippen LogP contribution >= 0.6 is 11.3 Å². The minimum absolute atomic E-state index is 0.411. The highest BCUT2D eigenvalue weighted by molar-refractivity contribution is 7.13. The number of anilines is 1. The number of aromatic nitrogens is 3. The molecule has 2 N–H and O–H groups in total. The highest BCUT2D eigenvalue weighted by atomic mass is 32.1. The molecule has 0 radical (unpaired) electrons. The third-order valence-corrected chi connectivity index (χ3v) is 3.09. The van der Waals surface area contributed by atoms with Crippen LogP contribution in [0.2, 0.25) is 0 Å². The molecule has 6 heteroatoms. The van der Waals surface area contributed by atoms with E-state index in [-0.39, 0.29) is 0 Å². The number of nitrogens with zero attached hydrogens (tertiary/aromatic N) is 3. The van der Waals surface area contributed by atoms with Gasteiger partial charge < -0.3 is 10.3 Å². The molecule has 2 heterocycles. The van der Waals surface area contributed by atoms with Gasteiger partial charge >= 0.3 is 0 Å². The molecule has 3 aromatic rings. The van der Waals surface area contributed by atoms with E-state index in [9.17, 15) is 0 Å². The summed E-state index contributed by atoms with van der Waals surface area (Å²) in [5.41, 5.74) is 7.33. The Hall–Kier alpha value is -2.21. The normalized spacial score (nSPS) is 10.7. The van der Waals surface area contributed by atoms with Crippen LogP contribution in [0, 0.1) is 0 Å². The van der Waals surface area contributed by atoms with Crippen molar-refractivity contribution in [3.63, 3.8) is 0 Å². The van der Waals surface area contributed by atoms with Crippen molar-refractivity contribution in [1.29, 1.82) is 0 Å². The van der Waals surface area contributed by atoms with Crippen LogP contribution in [0.4, 0.5) is 5.13 Å². The van der Waals surface area contributed by atoms with Crippen LogP contribution in [0.1, 0.15) is 11.4 Å². The summed E-state index contributed by atoms with van der Waals surface area (Å²) in [6, 6.07) is 9.99. The Morgan fingerprint density at radius 1 is 1.17 bits per heavy atom. The Morgan fingerprint density at radius 2 is 2.00 bits per heavy atom. The zero-order valence-corrected chi connectivity index (χ0v) is 10.2. The lowest BCUT2D eigenvalue weighted by atomic mass is 10.1. The van der Waals surface area contributed by atoms with Gasteiger partial charge in [-0.15, -0.1) is 11.3 Å². The molecule has 0 fully saturated rings. The van der Waals surface area contributed by atoms with Crippen LogP contribution in [0.3, 0.4) is 0 Å². The molecule has 0 aliphatic heterocycles. The fraction of sp³-hybridized carbons (Fsp3) is 0.0833. The summed E-state index contributed by atoms with van der Waals surface area (Å²) in [6.07, 6.45) is 0.643. The zero-order valence-electron chi connectivity index (χ0n) is 9.41. The Labute approximate surface area is 107 Å². The average molecular weight is 258 g/mol. The molecule has 18 heavy (non-hydrogen) atoms. The van der Waals surface area contributed by atoms with E-state index in [0.717, 1.165) is 5.56 Å². The van der Waals surface area contributed by atoms with E-state index in [1.165, 1.54) is 11.3 Å². The summed E-state index contributed by atoms with van der Waals surface area (Å²) in [4.78, 5) is 8.40. The van der Waals surface area contributed by atoms with Gasteiger partial charge in [-0.05, 0) is 5.56 Å². The second-order valence-electron chi connectivity index (χ2n) is 3.75. The monoisotopic (exact) mass is 258 g/mol. The lowest BCUT2D eigenvalue weighted by molar-refractivity contribution is 0.423. The van der Waals surface area contributed by atoms with Crippen LogP contribution in [0.25, 0.3) is 11.6 Å². The molecule has 0 unspecified atom stereocenters. The Balaban J connectivity index is 1.82. The van der Waals surface area contributed by atoms with Gasteiger partial charge in [-0.25, -0.2) is 4.98 Å². The third kappa shape index (κ3) is 2.23. The quantitative estimate of drug-likeness (QED) is 0.780. The summed E-state index contributed by atoms with van der Waals surface area (Å²) >= 11 is 1.35. The summed E-state index contributed by atoms with van der Waals surface area (Å²) < 4.78 is 5.16. The maximum absolute atomic E-state index is 5.56. The van der Waals surface area contributed by atoms with Gasteiger partial charge in [0.1, 0.15) is 5.69 Å². The van der Waals surface area contributed by atoms with Crippen molar-refractivity contribution in [1.82, 2.24) is 15.1 Å². The SMILES string of the molecule is Nc1nc(-c2nc(Cc3ccccc3)no2)cs1. The minimum atomic E-state index is 0.411. The van der Waals surface area contributed by atoms with E-state index in [1.807, 2.05) is 30.3 Å². The van der Waals surface area contributed by atoms with Gasteiger partial charge in [-0.3, -0.25) is 0 Å². The van der Waals surface area contributed by atoms with Gasteiger partial charge in [-0.1, -0.05) is 35.5 Å². The van der Waals surface area contributed by atoms with Crippen molar-refractivity contribution in [2.24, 2.45) is 0 Å². The summed E-state index contributed by atoms with van der Waals surface area (Å²) in [5, 5.41) is 6.23. The standard InChI is InChI=1S/C12H10N4OS/c13-12-14-9(7-18-12)11-15-10(16-17-11)6-8-4-2-1-3-5-8/h1-5,7H,6H2,(H2,13,14). The first-order valence-corrected chi connectivity index (χ1v) is 6.27. The van der Waals surface area contributed by atoms with E-state index in [1.54, 1.807) is 5.38 Å². The van der Waals surface area contributed by atoms with Crippen molar-refractivity contribution in [2.45, 2.75) is 6.42 Å². The molecule has 5 nitrogen and oxygen atoms in total. The van der Waals surface area contributed by atoms with Crippen LogP contribution in [0.5, 0.6) is 0 Å². The molecule has 0 aliphatic rings. The van der Waals surface area contributed by atoms with Crippen molar-refractivity contribution in [3.05, 3.63) is 47.1 Å². The van der Waals surface area contributed by atoms with Crippen molar-refractivity contribution >= 4 is 16.5 Å². The highest BCUT2D eigenvalue weighted by Crippen LogP contribution is 2.21. The molecule has 0 spiro atoms. The van der Waals surface area contributed by atoms with Crippen LogP contribution in [-0.4, -0.2) is 15.1 Å². The molecular weight excluding hydrogens is 248 g/mol. The van der Waals surface area contributed by atoms with Crippen LogP contribution < -0.4 is 5.73 Å². The van der Waals surface area contributed by atoms with E-state index in [0.29, 0.717) is 29.0 Å². The number of hydrogen-bond donors (Lipinski definition) is 1. The molecule has 0 atom stereocenters. The van der Waals surface area contributed by atoms with Gasteiger partial charge in [0, 0.05) is 11.8 Å². The molecule has 1 aromatic carbocycles. The number of nitrogen functional groups attached to an aromatic ring is 1. The maximum Gasteiger partial charge on any atom is 0.277 e. The predicted molar refractivity (Wildman–Crippen MR) is 69.1 cm³/mol. The summed E-state index contributed by atoms with van der Waals surface area (Å²) in [7, 11) is 0. The predicted octanol–water partition coefficient (Wildman–Crippen LogP) is 2.37. The van der Waals surface area contributed by atoms with Crippen molar-refractivity contribution < 1.29 is 4.52 Å². The zero-order chi connectivity index (χ0) is 12.4. The fourth-order valence-corrected chi connectivity index (χ4v) is 2.13. The first-order valence-electron chi connectivity index (χ1n) is 5.39. The van der Waals surface area contributed by atoms with Crippen LogP contribution in [-0.2, 0) is 6.42 Å². The maximum atomic E-state index is 5.56. The van der Waals surface area contributed by atoms with E-state index in [4.69, 9.17) is 10.3 Å². The molecule has 90 valence electrons. The lowest BCUT2D eigenvalue weighted by Gasteiger charge is -1.93. The number of rotatable bonds is 3. The van der Waals surface area contributed by atoms with Crippen molar-refractivity contribution in [2.75, 3.05) is 5.73 Å². The largest absolute Gasteiger partial charge is 0.375 e. The highest BCUT2D eigenvalue weighted by Gasteiger charge is 2.11. The lowest BCUT2D eigenvalue weighted by Crippen LogP contribution is -1.90. The Bertz CT molecular complexity index is 647. The molecule has 0 saturated heterocycles. The molecule has 2 aromatic heterocycles. The average Bonchev–Trinajstić information content (AvgIpc) is 2.99. The first kappa shape index (κ1) is 10.9.